The Morgan fingerprint density at radius 3 is 2.50 bits per heavy atom. The van der Waals surface area contributed by atoms with Crippen LogP contribution in [0.25, 0.3) is 0 Å². The third-order valence-electron chi connectivity index (χ3n) is 3.37. The number of hydrogen-bond acceptors (Lipinski definition) is 4. The number of rotatable bonds is 7. The molecule has 2 N–H and O–H groups in total. The largest absolute Gasteiger partial charge is 0.396 e. The summed E-state index contributed by atoms with van der Waals surface area (Å²) in [4.78, 5) is 0. The molecule has 0 aliphatic carbocycles. The van der Waals surface area contributed by atoms with E-state index in [0.29, 0.717) is 39.0 Å². The molecule has 1 aliphatic rings. The van der Waals surface area contributed by atoms with E-state index in [9.17, 15) is 8.42 Å². The first-order valence-corrected chi connectivity index (χ1v) is 8.09. The fourth-order valence-corrected chi connectivity index (χ4v) is 3.69. The van der Waals surface area contributed by atoms with Crippen LogP contribution in [0.15, 0.2) is 0 Å². The van der Waals surface area contributed by atoms with Gasteiger partial charge in [0, 0.05) is 26.4 Å². The van der Waals surface area contributed by atoms with Gasteiger partial charge < -0.3 is 9.84 Å². The highest BCUT2D eigenvalue weighted by atomic mass is 32.2. The lowest BCUT2D eigenvalue weighted by molar-refractivity contribution is 0.0980. The molecule has 0 atom stereocenters. The fraction of sp³-hybridized carbons (Fsp3) is 1.00. The zero-order valence-electron chi connectivity index (χ0n) is 11.3. The smallest absolute Gasteiger partial charge is 0.214 e. The van der Waals surface area contributed by atoms with Gasteiger partial charge in [0.25, 0.3) is 0 Å². The zero-order chi connectivity index (χ0) is 13.6. The van der Waals surface area contributed by atoms with Gasteiger partial charge in [0.2, 0.25) is 10.0 Å². The monoisotopic (exact) mass is 279 g/mol. The average Bonchev–Trinajstić information content (AvgIpc) is 2.36. The molecule has 6 heteroatoms. The summed E-state index contributed by atoms with van der Waals surface area (Å²) < 4.78 is 32.1. The van der Waals surface area contributed by atoms with Gasteiger partial charge >= 0.3 is 0 Å². The molecular weight excluding hydrogens is 254 g/mol. The Bertz CT molecular complexity index is 334. The van der Waals surface area contributed by atoms with E-state index in [0.717, 1.165) is 6.42 Å². The van der Waals surface area contributed by atoms with E-state index >= 15 is 0 Å². The van der Waals surface area contributed by atoms with Crippen LogP contribution in [0.4, 0.5) is 0 Å². The first-order chi connectivity index (χ1) is 8.37. The lowest BCUT2D eigenvalue weighted by Crippen LogP contribution is -2.42. The molecule has 1 heterocycles. The van der Waals surface area contributed by atoms with Crippen molar-refractivity contribution in [3.05, 3.63) is 0 Å². The highest BCUT2D eigenvalue weighted by Crippen LogP contribution is 2.22. The highest BCUT2D eigenvalue weighted by molar-refractivity contribution is 7.90. The van der Waals surface area contributed by atoms with Crippen molar-refractivity contribution in [3.8, 4) is 0 Å². The Labute approximate surface area is 110 Å². The van der Waals surface area contributed by atoms with Gasteiger partial charge in [0.15, 0.2) is 0 Å². The molecule has 1 rings (SSSR count). The molecule has 0 aromatic heterocycles. The van der Waals surface area contributed by atoms with Crippen molar-refractivity contribution >= 4 is 10.0 Å². The minimum atomic E-state index is -3.23. The molecule has 0 aromatic carbocycles. The number of sulfonamides is 1. The van der Waals surface area contributed by atoms with Gasteiger partial charge in [0.1, 0.15) is 0 Å². The van der Waals surface area contributed by atoms with E-state index in [1.807, 2.05) is 13.8 Å². The number of aliphatic hydroxyl groups is 1. The molecule has 0 radical (unpaired) electrons. The standard InChI is InChI=1S/C12H25NO4S/c1-12(2,6-3-7-14)10-13-18(15,16)11-4-8-17-9-5-11/h11,13-14H,3-10H2,1-2H3. The molecule has 0 amide bonds. The minimum Gasteiger partial charge on any atom is -0.396 e. The summed E-state index contributed by atoms with van der Waals surface area (Å²) in [6, 6.07) is 0. The molecule has 0 spiro atoms. The van der Waals surface area contributed by atoms with Crippen LogP contribution in [0.3, 0.4) is 0 Å². The Morgan fingerprint density at radius 1 is 1.33 bits per heavy atom. The second-order valence-electron chi connectivity index (χ2n) is 5.67. The highest BCUT2D eigenvalue weighted by Gasteiger charge is 2.29. The van der Waals surface area contributed by atoms with Crippen molar-refractivity contribution in [1.82, 2.24) is 4.72 Å². The second kappa shape index (κ2) is 6.84. The summed E-state index contributed by atoms with van der Waals surface area (Å²) in [7, 11) is -3.23. The molecular formula is C12H25NO4S. The maximum absolute atomic E-state index is 12.1. The summed E-state index contributed by atoms with van der Waals surface area (Å²) in [6.45, 7) is 5.64. The number of ether oxygens (including phenoxy) is 1. The van der Waals surface area contributed by atoms with Gasteiger partial charge in [0.05, 0.1) is 5.25 Å². The lowest BCUT2D eigenvalue weighted by atomic mass is 9.88. The maximum atomic E-state index is 12.1. The number of nitrogens with one attached hydrogen (secondary N) is 1. The topological polar surface area (TPSA) is 75.6 Å². The lowest BCUT2D eigenvalue weighted by Gasteiger charge is -2.27. The molecule has 0 bridgehead atoms. The van der Waals surface area contributed by atoms with E-state index in [-0.39, 0.29) is 17.3 Å². The predicted molar refractivity (Wildman–Crippen MR) is 70.9 cm³/mol. The van der Waals surface area contributed by atoms with Crippen molar-refractivity contribution in [2.75, 3.05) is 26.4 Å². The molecule has 5 nitrogen and oxygen atoms in total. The molecule has 0 aromatic rings. The van der Waals surface area contributed by atoms with Gasteiger partial charge in [-0.25, -0.2) is 13.1 Å². The van der Waals surface area contributed by atoms with Gasteiger partial charge in [-0.15, -0.1) is 0 Å². The predicted octanol–water partition coefficient (Wildman–Crippen LogP) is 0.883. The van der Waals surface area contributed by atoms with Gasteiger partial charge in [-0.2, -0.15) is 0 Å². The van der Waals surface area contributed by atoms with Crippen LogP contribution < -0.4 is 4.72 Å². The van der Waals surface area contributed by atoms with Crippen LogP contribution >= 0.6 is 0 Å². The average molecular weight is 279 g/mol. The quantitative estimate of drug-likeness (QED) is 0.725. The first kappa shape index (κ1) is 15.9. The Morgan fingerprint density at radius 2 is 1.94 bits per heavy atom. The Balaban J connectivity index is 2.45. The summed E-state index contributed by atoms with van der Waals surface area (Å²) in [5.41, 5.74) is -0.124. The van der Waals surface area contributed by atoms with Crippen LogP contribution in [0, 0.1) is 5.41 Å². The van der Waals surface area contributed by atoms with E-state index in [1.54, 1.807) is 0 Å². The number of hydrogen-bond donors (Lipinski definition) is 2. The molecule has 1 saturated heterocycles. The second-order valence-corrected chi connectivity index (χ2v) is 7.71. The van der Waals surface area contributed by atoms with E-state index < -0.39 is 10.0 Å². The van der Waals surface area contributed by atoms with Crippen molar-refractivity contribution in [2.24, 2.45) is 5.41 Å². The van der Waals surface area contributed by atoms with Gasteiger partial charge in [-0.3, -0.25) is 0 Å². The van der Waals surface area contributed by atoms with Crippen molar-refractivity contribution in [3.63, 3.8) is 0 Å². The summed E-state index contributed by atoms with van der Waals surface area (Å²) in [6.07, 6.45) is 2.66. The third kappa shape index (κ3) is 5.22. The van der Waals surface area contributed by atoms with Crippen LogP contribution in [-0.4, -0.2) is 45.1 Å². The maximum Gasteiger partial charge on any atom is 0.214 e. The zero-order valence-corrected chi connectivity index (χ0v) is 12.1. The molecule has 1 aliphatic heterocycles. The summed E-state index contributed by atoms with van der Waals surface area (Å²) in [5.74, 6) is 0. The number of aliphatic hydroxyl groups excluding tert-OH is 1. The summed E-state index contributed by atoms with van der Waals surface area (Å²) >= 11 is 0. The van der Waals surface area contributed by atoms with Crippen molar-refractivity contribution in [1.29, 1.82) is 0 Å². The molecule has 18 heavy (non-hydrogen) atoms. The molecule has 0 unspecified atom stereocenters. The van der Waals surface area contributed by atoms with Crippen LogP contribution in [0.1, 0.15) is 39.5 Å². The van der Waals surface area contributed by atoms with Crippen LogP contribution in [0.2, 0.25) is 0 Å². The van der Waals surface area contributed by atoms with E-state index in [4.69, 9.17) is 9.84 Å². The Kier molecular flexibility index (Phi) is 6.04. The SMILES string of the molecule is CC(C)(CCCO)CNS(=O)(=O)C1CCOCC1. The Hall–Kier alpha value is -0.170. The van der Waals surface area contributed by atoms with Crippen molar-refractivity contribution in [2.45, 2.75) is 44.8 Å². The van der Waals surface area contributed by atoms with E-state index in [2.05, 4.69) is 4.72 Å². The van der Waals surface area contributed by atoms with Gasteiger partial charge in [-0.1, -0.05) is 13.8 Å². The molecule has 1 fully saturated rings. The first-order valence-electron chi connectivity index (χ1n) is 6.54. The fourth-order valence-electron chi connectivity index (χ4n) is 2.05. The minimum absolute atomic E-state index is 0.124. The van der Waals surface area contributed by atoms with Crippen LogP contribution in [-0.2, 0) is 14.8 Å². The molecule has 0 saturated carbocycles. The van der Waals surface area contributed by atoms with Crippen molar-refractivity contribution < 1.29 is 18.3 Å². The van der Waals surface area contributed by atoms with E-state index in [1.165, 1.54) is 0 Å². The summed E-state index contributed by atoms with van der Waals surface area (Å²) in [5, 5.41) is 8.49. The van der Waals surface area contributed by atoms with Gasteiger partial charge in [-0.05, 0) is 31.1 Å². The molecule has 108 valence electrons. The third-order valence-corrected chi connectivity index (χ3v) is 5.27. The van der Waals surface area contributed by atoms with Crippen LogP contribution in [0.5, 0.6) is 0 Å². The normalized spacial score (nSPS) is 19.1.